The first-order valence-electron chi connectivity index (χ1n) is 7.56. The second kappa shape index (κ2) is 5.69. The third-order valence-electron chi connectivity index (χ3n) is 4.14. The Morgan fingerprint density at radius 3 is 2.81 bits per heavy atom. The quantitative estimate of drug-likeness (QED) is 0.885. The third-order valence-corrected chi connectivity index (χ3v) is 4.92. The molecule has 5 nitrogen and oxygen atoms in total. The van der Waals surface area contributed by atoms with E-state index in [9.17, 15) is 0 Å². The van der Waals surface area contributed by atoms with Gasteiger partial charge in [0.1, 0.15) is 5.01 Å². The van der Waals surface area contributed by atoms with Crippen LogP contribution in [0.4, 0.5) is 5.82 Å². The first-order chi connectivity index (χ1) is 10.4. The third kappa shape index (κ3) is 3.06. The van der Waals surface area contributed by atoms with Gasteiger partial charge in [-0.3, -0.25) is 0 Å². The molecule has 1 N–H and O–H groups in total. The molecule has 0 spiro atoms. The van der Waals surface area contributed by atoms with Gasteiger partial charge in [0, 0.05) is 49.6 Å². The number of hydrogen-bond donors (Lipinski definition) is 1. The van der Waals surface area contributed by atoms with E-state index in [0.717, 1.165) is 37.0 Å². The lowest BCUT2D eigenvalue weighted by atomic mass is 10.0. The topological polar surface area (TPSA) is 53.9 Å². The van der Waals surface area contributed by atoms with E-state index in [-0.39, 0.29) is 0 Å². The molecule has 3 heterocycles. The Morgan fingerprint density at radius 2 is 2.14 bits per heavy atom. The number of rotatable bonds is 6. The van der Waals surface area contributed by atoms with Crippen LogP contribution < -0.4 is 10.2 Å². The standard InChI is InChI=1S/C15H19N5S/c1-2-12(1)13-3-4-14(19-18-13)20-9-11(10-20)7-16-8-15-17-5-6-21-15/h3-6,11-12,16H,1-2,7-10H2. The highest BCUT2D eigenvalue weighted by Crippen LogP contribution is 2.38. The Morgan fingerprint density at radius 1 is 1.24 bits per heavy atom. The average molecular weight is 301 g/mol. The highest BCUT2D eigenvalue weighted by Gasteiger charge is 2.29. The zero-order valence-corrected chi connectivity index (χ0v) is 12.7. The molecule has 2 aliphatic rings. The lowest BCUT2D eigenvalue weighted by molar-refractivity contribution is 0.381. The van der Waals surface area contributed by atoms with Crippen LogP contribution in [0.2, 0.25) is 0 Å². The van der Waals surface area contributed by atoms with Gasteiger partial charge in [-0.2, -0.15) is 5.10 Å². The van der Waals surface area contributed by atoms with Gasteiger partial charge in [-0.15, -0.1) is 16.4 Å². The van der Waals surface area contributed by atoms with Crippen LogP contribution in [-0.4, -0.2) is 34.8 Å². The summed E-state index contributed by atoms with van der Waals surface area (Å²) >= 11 is 1.70. The van der Waals surface area contributed by atoms with Crippen molar-refractivity contribution in [2.75, 3.05) is 24.5 Å². The van der Waals surface area contributed by atoms with Gasteiger partial charge in [0.2, 0.25) is 0 Å². The summed E-state index contributed by atoms with van der Waals surface area (Å²) in [5.74, 6) is 2.41. The van der Waals surface area contributed by atoms with Gasteiger partial charge in [0.05, 0.1) is 5.69 Å². The van der Waals surface area contributed by atoms with Crippen LogP contribution >= 0.6 is 11.3 Å². The molecule has 0 unspecified atom stereocenters. The van der Waals surface area contributed by atoms with Gasteiger partial charge in [0.25, 0.3) is 0 Å². The number of nitrogens with one attached hydrogen (secondary N) is 1. The first kappa shape index (κ1) is 13.2. The smallest absolute Gasteiger partial charge is 0.151 e. The molecular formula is C15H19N5S. The molecule has 2 aromatic heterocycles. The fraction of sp³-hybridized carbons (Fsp3) is 0.533. The minimum absolute atomic E-state index is 0.686. The molecular weight excluding hydrogens is 282 g/mol. The van der Waals surface area contributed by atoms with Crippen LogP contribution in [-0.2, 0) is 6.54 Å². The zero-order chi connectivity index (χ0) is 14.1. The molecule has 21 heavy (non-hydrogen) atoms. The van der Waals surface area contributed by atoms with E-state index in [1.807, 2.05) is 11.6 Å². The molecule has 0 amide bonds. The number of nitrogens with zero attached hydrogens (tertiary/aromatic N) is 4. The molecule has 0 bridgehead atoms. The molecule has 1 saturated heterocycles. The normalized spacial score (nSPS) is 18.8. The average Bonchev–Trinajstić information content (AvgIpc) is 3.19. The van der Waals surface area contributed by atoms with Crippen molar-refractivity contribution in [1.29, 1.82) is 0 Å². The zero-order valence-electron chi connectivity index (χ0n) is 11.9. The van der Waals surface area contributed by atoms with Crippen LogP contribution in [0.15, 0.2) is 23.7 Å². The Bertz CT molecular complexity index is 573. The summed E-state index contributed by atoms with van der Waals surface area (Å²) in [7, 11) is 0. The number of thiazole rings is 1. The van der Waals surface area contributed by atoms with E-state index in [4.69, 9.17) is 0 Å². The van der Waals surface area contributed by atoms with Crippen LogP contribution in [0.25, 0.3) is 0 Å². The molecule has 4 rings (SSSR count). The molecule has 0 radical (unpaired) electrons. The largest absolute Gasteiger partial charge is 0.354 e. The molecule has 6 heteroatoms. The van der Waals surface area contributed by atoms with Crippen molar-refractivity contribution in [3.05, 3.63) is 34.4 Å². The highest BCUT2D eigenvalue weighted by molar-refractivity contribution is 7.09. The molecule has 2 aromatic rings. The van der Waals surface area contributed by atoms with Crippen LogP contribution in [0.1, 0.15) is 29.5 Å². The SMILES string of the molecule is c1csc(CNCC2CN(c3ccc(C4CC4)nn3)C2)n1. The molecule has 0 aromatic carbocycles. The highest BCUT2D eigenvalue weighted by atomic mass is 32.1. The fourth-order valence-electron chi connectivity index (χ4n) is 2.71. The maximum Gasteiger partial charge on any atom is 0.151 e. The lowest BCUT2D eigenvalue weighted by Crippen LogP contribution is -2.51. The summed E-state index contributed by atoms with van der Waals surface area (Å²) in [6, 6.07) is 4.27. The fourth-order valence-corrected chi connectivity index (χ4v) is 3.30. The molecule has 1 aliphatic carbocycles. The van der Waals surface area contributed by atoms with Crippen LogP contribution in [0.5, 0.6) is 0 Å². The Labute approximate surface area is 128 Å². The summed E-state index contributed by atoms with van der Waals surface area (Å²) in [5.41, 5.74) is 1.17. The predicted octanol–water partition coefficient (Wildman–Crippen LogP) is 2.04. The van der Waals surface area contributed by atoms with Gasteiger partial charge in [-0.1, -0.05) is 0 Å². The molecule has 110 valence electrons. The van der Waals surface area contributed by atoms with E-state index in [1.165, 1.54) is 18.5 Å². The van der Waals surface area contributed by atoms with Crippen molar-refractivity contribution in [3.63, 3.8) is 0 Å². The molecule has 2 fully saturated rings. The minimum Gasteiger partial charge on any atom is -0.354 e. The van der Waals surface area contributed by atoms with Gasteiger partial charge in [-0.05, 0) is 25.0 Å². The monoisotopic (exact) mass is 301 g/mol. The maximum absolute atomic E-state index is 4.36. The van der Waals surface area contributed by atoms with E-state index in [2.05, 4.69) is 37.5 Å². The predicted molar refractivity (Wildman–Crippen MR) is 83.5 cm³/mol. The van der Waals surface area contributed by atoms with Crippen molar-refractivity contribution in [1.82, 2.24) is 20.5 Å². The van der Waals surface area contributed by atoms with Crippen molar-refractivity contribution in [2.24, 2.45) is 5.92 Å². The summed E-state index contributed by atoms with van der Waals surface area (Å²) in [5, 5.41) is 15.4. The first-order valence-corrected chi connectivity index (χ1v) is 8.44. The van der Waals surface area contributed by atoms with E-state index < -0.39 is 0 Å². The van der Waals surface area contributed by atoms with Gasteiger partial charge >= 0.3 is 0 Å². The summed E-state index contributed by atoms with van der Waals surface area (Å²) in [4.78, 5) is 6.58. The maximum atomic E-state index is 4.36. The lowest BCUT2D eigenvalue weighted by Gasteiger charge is -2.40. The van der Waals surface area contributed by atoms with Crippen LogP contribution in [0, 0.1) is 5.92 Å². The Hall–Kier alpha value is -1.53. The van der Waals surface area contributed by atoms with Gasteiger partial charge in [0.15, 0.2) is 5.82 Å². The molecule has 1 saturated carbocycles. The summed E-state index contributed by atoms with van der Waals surface area (Å²) in [6.07, 6.45) is 4.42. The second-order valence-corrected chi connectivity index (χ2v) is 6.90. The number of hydrogen-bond acceptors (Lipinski definition) is 6. The van der Waals surface area contributed by atoms with Crippen molar-refractivity contribution < 1.29 is 0 Å². The minimum atomic E-state index is 0.686. The summed E-state index contributed by atoms with van der Waals surface area (Å²) < 4.78 is 0. The van der Waals surface area contributed by atoms with Gasteiger partial charge < -0.3 is 10.2 Å². The van der Waals surface area contributed by atoms with Crippen molar-refractivity contribution in [3.8, 4) is 0 Å². The summed E-state index contributed by atoms with van der Waals surface area (Å²) in [6.45, 7) is 4.07. The van der Waals surface area contributed by atoms with Crippen LogP contribution in [0.3, 0.4) is 0 Å². The second-order valence-electron chi connectivity index (χ2n) is 5.92. The van der Waals surface area contributed by atoms with Crippen molar-refractivity contribution in [2.45, 2.75) is 25.3 Å². The number of anilines is 1. The molecule has 1 aliphatic heterocycles. The van der Waals surface area contributed by atoms with E-state index in [0.29, 0.717) is 11.8 Å². The number of aromatic nitrogens is 3. The van der Waals surface area contributed by atoms with E-state index in [1.54, 1.807) is 11.3 Å². The molecule has 0 atom stereocenters. The van der Waals surface area contributed by atoms with E-state index >= 15 is 0 Å². The van der Waals surface area contributed by atoms with Crippen molar-refractivity contribution >= 4 is 17.2 Å². The Kier molecular flexibility index (Phi) is 3.57. The van der Waals surface area contributed by atoms with Gasteiger partial charge in [-0.25, -0.2) is 4.98 Å². The Balaban J connectivity index is 1.21.